The molecular weight excluding hydrogens is 288 g/mol. The number of rotatable bonds is 3. The van der Waals surface area contributed by atoms with Crippen molar-refractivity contribution in [2.45, 2.75) is 44.1 Å². The predicted octanol–water partition coefficient (Wildman–Crippen LogP) is 3.75. The lowest BCUT2D eigenvalue weighted by molar-refractivity contribution is 0.312. The van der Waals surface area contributed by atoms with Gasteiger partial charge in [-0.25, -0.2) is 0 Å². The lowest BCUT2D eigenvalue weighted by atomic mass is 9.92. The Balaban J connectivity index is 1.52. The van der Waals surface area contributed by atoms with E-state index in [1.807, 2.05) is 0 Å². The highest BCUT2D eigenvalue weighted by Gasteiger charge is 2.27. The smallest absolute Gasteiger partial charge is 0.0402 e. The Morgan fingerprint density at radius 3 is 2.77 bits per heavy atom. The highest BCUT2D eigenvalue weighted by Crippen LogP contribution is 2.37. The van der Waals surface area contributed by atoms with Crippen molar-refractivity contribution < 1.29 is 0 Å². The van der Waals surface area contributed by atoms with Crippen LogP contribution in [0.2, 0.25) is 0 Å². The average molecular weight is 317 g/mol. The van der Waals surface area contributed by atoms with Crippen LogP contribution in [0.3, 0.4) is 0 Å². The Hall–Kier alpha value is -0.670. The van der Waals surface area contributed by atoms with E-state index in [1.165, 1.54) is 63.2 Å². The third kappa shape index (κ3) is 2.90. The summed E-state index contributed by atoms with van der Waals surface area (Å²) in [6.07, 6.45) is 6.74. The van der Waals surface area contributed by atoms with Crippen molar-refractivity contribution in [2.75, 3.05) is 43.1 Å². The van der Waals surface area contributed by atoms with E-state index in [0.717, 1.165) is 12.0 Å². The lowest BCUT2D eigenvalue weighted by Crippen LogP contribution is -2.37. The van der Waals surface area contributed by atoms with Crippen LogP contribution in [-0.2, 0) is 6.42 Å². The van der Waals surface area contributed by atoms with E-state index in [9.17, 15) is 0 Å². The summed E-state index contributed by atoms with van der Waals surface area (Å²) in [7, 11) is 2.30. The molecule has 0 N–H and O–H groups in total. The summed E-state index contributed by atoms with van der Waals surface area (Å²) in [6, 6.07) is 8.15. The Morgan fingerprint density at radius 1 is 1.14 bits per heavy atom. The summed E-state index contributed by atoms with van der Waals surface area (Å²) < 4.78 is 0. The highest BCUT2D eigenvalue weighted by molar-refractivity contribution is 7.99. The third-order valence-electron chi connectivity index (χ3n) is 5.90. The molecule has 1 aromatic rings. The first-order chi connectivity index (χ1) is 10.8. The van der Waals surface area contributed by atoms with E-state index >= 15 is 0 Å². The van der Waals surface area contributed by atoms with Crippen molar-refractivity contribution in [3.05, 3.63) is 29.3 Å². The van der Waals surface area contributed by atoms with Crippen LogP contribution < -0.4 is 4.90 Å². The second kappa shape index (κ2) is 6.45. The fourth-order valence-corrected chi connectivity index (χ4v) is 5.51. The van der Waals surface area contributed by atoms with Crippen LogP contribution in [0.1, 0.15) is 42.7 Å². The topological polar surface area (TPSA) is 6.48 Å². The number of hydrogen-bond donors (Lipinski definition) is 0. The van der Waals surface area contributed by atoms with Gasteiger partial charge in [0, 0.05) is 24.8 Å². The molecule has 2 fully saturated rings. The molecule has 3 heterocycles. The third-order valence-corrected chi connectivity index (χ3v) is 6.95. The summed E-state index contributed by atoms with van der Waals surface area (Å²) in [5, 5.41) is 0. The van der Waals surface area contributed by atoms with Gasteiger partial charge in [0.05, 0.1) is 0 Å². The molecule has 0 amide bonds. The molecular formula is C19H28N2S. The SMILES string of the molecule is CN1CCC[C@@H]1CN1CCc2ccc(C3CCSCC3)cc21. The molecule has 0 aromatic heterocycles. The molecule has 3 heteroatoms. The van der Waals surface area contributed by atoms with Crippen LogP contribution in [0.25, 0.3) is 0 Å². The number of hydrogen-bond acceptors (Lipinski definition) is 3. The van der Waals surface area contributed by atoms with Crippen molar-refractivity contribution in [2.24, 2.45) is 0 Å². The van der Waals surface area contributed by atoms with Gasteiger partial charge in [0.15, 0.2) is 0 Å². The molecule has 120 valence electrons. The second-order valence-electron chi connectivity index (χ2n) is 7.25. The first kappa shape index (κ1) is 14.9. The van der Waals surface area contributed by atoms with Gasteiger partial charge in [-0.3, -0.25) is 0 Å². The van der Waals surface area contributed by atoms with Gasteiger partial charge in [-0.2, -0.15) is 11.8 Å². The number of nitrogens with zero attached hydrogens (tertiary/aromatic N) is 2. The van der Waals surface area contributed by atoms with Gasteiger partial charge in [0.1, 0.15) is 0 Å². The number of likely N-dealkylation sites (N-methyl/N-ethyl adjacent to an activating group) is 1. The van der Waals surface area contributed by atoms with Crippen LogP contribution in [0.15, 0.2) is 18.2 Å². The molecule has 0 spiro atoms. The average Bonchev–Trinajstić information content (AvgIpc) is 3.15. The van der Waals surface area contributed by atoms with E-state index in [2.05, 4.69) is 46.8 Å². The molecule has 3 aliphatic heterocycles. The van der Waals surface area contributed by atoms with Gasteiger partial charge < -0.3 is 9.80 Å². The van der Waals surface area contributed by atoms with Gasteiger partial charge in [-0.15, -0.1) is 0 Å². The molecule has 2 saturated heterocycles. The summed E-state index contributed by atoms with van der Waals surface area (Å²) in [5.74, 6) is 3.50. The minimum absolute atomic E-state index is 0.765. The maximum Gasteiger partial charge on any atom is 0.0402 e. The fourth-order valence-electron chi connectivity index (χ4n) is 4.40. The summed E-state index contributed by atoms with van der Waals surface area (Å²) in [4.78, 5) is 5.23. The number of fused-ring (bicyclic) bond motifs is 1. The molecule has 1 atom stereocenters. The molecule has 3 aliphatic rings. The Kier molecular flexibility index (Phi) is 4.36. The molecule has 0 saturated carbocycles. The van der Waals surface area contributed by atoms with Gasteiger partial charge in [-0.1, -0.05) is 12.1 Å². The maximum atomic E-state index is 2.67. The van der Waals surface area contributed by atoms with Gasteiger partial charge >= 0.3 is 0 Å². The molecule has 1 aromatic carbocycles. The standard InChI is InChI=1S/C19H28N2S/c1-20-9-2-3-18(20)14-21-10-6-16-4-5-17(13-19(16)21)15-7-11-22-12-8-15/h4-5,13,15,18H,2-3,6-12,14H2,1H3/t18-/m1/s1. The largest absolute Gasteiger partial charge is 0.369 e. The van der Waals surface area contributed by atoms with E-state index in [1.54, 1.807) is 16.8 Å². The summed E-state index contributed by atoms with van der Waals surface area (Å²) in [5.41, 5.74) is 4.73. The molecule has 0 radical (unpaired) electrons. The number of thioether (sulfide) groups is 1. The Morgan fingerprint density at radius 2 is 2.00 bits per heavy atom. The van der Waals surface area contributed by atoms with E-state index in [-0.39, 0.29) is 0 Å². The lowest BCUT2D eigenvalue weighted by Gasteiger charge is -2.28. The minimum Gasteiger partial charge on any atom is -0.369 e. The monoisotopic (exact) mass is 316 g/mol. The molecule has 0 unspecified atom stereocenters. The van der Waals surface area contributed by atoms with E-state index in [0.29, 0.717) is 0 Å². The molecule has 4 rings (SSSR count). The van der Waals surface area contributed by atoms with Gasteiger partial charge in [-0.05, 0) is 80.3 Å². The quantitative estimate of drug-likeness (QED) is 0.838. The first-order valence-corrected chi connectivity index (χ1v) is 10.1. The van der Waals surface area contributed by atoms with Crippen molar-refractivity contribution in [1.82, 2.24) is 4.90 Å². The van der Waals surface area contributed by atoms with Crippen LogP contribution in [-0.4, -0.2) is 49.1 Å². The Bertz CT molecular complexity index is 524. The van der Waals surface area contributed by atoms with Crippen molar-refractivity contribution in [3.63, 3.8) is 0 Å². The molecule has 0 aliphatic carbocycles. The van der Waals surface area contributed by atoms with E-state index < -0.39 is 0 Å². The minimum atomic E-state index is 0.765. The molecule has 0 bridgehead atoms. The first-order valence-electron chi connectivity index (χ1n) is 8.97. The number of likely N-dealkylation sites (tertiary alicyclic amines) is 1. The van der Waals surface area contributed by atoms with Crippen molar-refractivity contribution in [3.8, 4) is 0 Å². The van der Waals surface area contributed by atoms with Crippen LogP contribution in [0.5, 0.6) is 0 Å². The molecule has 22 heavy (non-hydrogen) atoms. The predicted molar refractivity (Wildman–Crippen MR) is 97.3 cm³/mol. The van der Waals surface area contributed by atoms with Crippen molar-refractivity contribution in [1.29, 1.82) is 0 Å². The molecule has 2 nitrogen and oxygen atoms in total. The highest BCUT2D eigenvalue weighted by atomic mass is 32.2. The summed E-state index contributed by atoms with van der Waals surface area (Å²) in [6.45, 7) is 3.74. The van der Waals surface area contributed by atoms with Crippen LogP contribution in [0, 0.1) is 0 Å². The second-order valence-corrected chi connectivity index (χ2v) is 8.47. The van der Waals surface area contributed by atoms with Crippen LogP contribution >= 0.6 is 11.8 Å². The fraction of sp³-hybridized carbons (Fsp3) is 0.684. The van der Waals surface area contributed by atoms with Crippen LogP contribution in [0.4, 0.5) is 5.69 Å². The number of benzene rings is 1. The summed E-state index contributed by atoms with van der Waals surface area (Å²) >= 11 is 2.12. The normalized spacial score (nSPS) is 26.6. The van der Waals surface area contributed by atoms with Gasteiger partial charge in [0.25, 0.3) is 0 Å². The zero-order valence-electron chi connectivity index (χ0n) is 13.8. The Labute approximate surface area is 139 Å². The zero-order valence-corrected chi connectivity index (χ0v) is 14.6. The zero-order chi connectivity index (χ0) is 14.9. The van der Waals surface area contributed by atoms with Crippen molar-refractivity contribution >= 4 is 17.4 Å². The van der Waals surface area contributed by atoms with E-state index in [4.69, 9.17) is 0 Å². The van der Waals surface area contributed by atoms with Gasteiger partial charge in [0.2, 0.25) is 0 Å². The maximum absolute atomic E-state index is 2.67. The number of anilines is 1.